The standard InChI is InChI=1S/C10H15N/c1-6(2)9-4-7-3-8(7)5-10(9)11/h4-8H,3,11H2,1-2H3. The fourth-order valence-electron chi connectivity index (χ4n) is 1.80. The van der Waals surface area contributed by atoms with Crippen molar-refractivity contribution in [2.24, 2.45) is 23.5 Å². The van der Waals surface area contributed by atoms with Gasteiger partial charge in [0.15, 0.2) is 0 Å². The Morgan fingerprint density at radius 3 is 2.64 bits per heavy atom. The molecule has 0 amide bonds. The number of rotatable bonds is 1. The zero-order valence-electron chi connectivity index (χ0n) is 7.17. The largest absolute Gasteiger partial charge is 0.399 e. The third-order valence-electron chi connectivity index (χ3n) is 2.63. The summed E-state index contributed by atoms with van der Waals surface area (Å²) < 4.78 is 0. The Morgan fingerprint density at radius 1 is 1.36 bits per heavy atom. The van der Waals surface area contributed by atoms with E-state index in [0.29, 0.717) is 5.92 Å². The van der Waals surface area contributed by atoms with Gasteiger partial charge in [-0.1, -0.05) is 26.0 Å². The molecular weight excluding hydrogens is 134 g/mol. The number of hydrogen-bond acceptors (Lipinski definition) is 1. The summed E-state index contributed by atoms with van der Waals surface area (Å²) in [5.41, 5.74) is 8.28. The van der Waals surface area contributed by atoms with Gasteiger partial charge in [-0.25, -0.2) is 0 Å². The highest BCUT2D eigenvalue weighted by Crippen LogP contribution is 2.46. The molecule has 0 aliphatic heterocycles. The van der Waals surface area contributed by atoms with E-state index in [1.165, 1.54) is 12.0 Å². The smallest absolute Gasteiger partial charge is 0.0308 e. The Hall–Kier alpha value is -0.720. The lowest BCUT2D eigenvalue weighted by molar-refractivity contribution is 0.747. The highest BCUT2D eigenvalue weighted by molar-refractivity contribution is 5.38. The number of nitrogens with two attached hydrogens (primary N) is 1. The second-order valence-electron chi connectivity index (χ2n) is 3.96. The highest BCUT2D eigenvalue weighted by Gasteiger charge is 2.37. The summed E-state index contributed by atoms with van der Waals surface area (Å²) in [5.74, 6) is 2.21. The molecule has 1 fully saturated rings. The summed E-state index contributed by atoms with van der Waals surface area (Å²) in [6.45, 7) is 4.41. The summed E-state index contributed by atoms with van der Waals surface area (Å²) in [7, 11) is 0. The van der Waals surface area contributed by atoms with Crippen LogP contribution < -0.4 is 5.73 Å². The summed E-state index contributed by atoms with van der Waals surface area (Å²) in [6.07, 6.45) is 5.93. The first kappa shape index (κ1) is 6.96. The topological polar surface area (TPSA) is 26.0 Å². The fraction of sp³-hybridized carbons (Fsp3) is 0.600. The van der Waals surface area contributed by atoms with Crippen molar-refractivity contribution in [2.45, 2.75) is 20.3 Å². The van der Waals surface area contributed by atoms with Crippen LogP contribution in [0.5, 0.6) is 0 Å². The van der Waals surface area contributed by atoms with Crippen molar-refractivity contribution in [1.82, 2.24) is 0 Å². The fourth-order valence-corrected chi connectivity index (χ4v) is 1.80. The van der Waals surface area contributed by atoms with Crippen LogP contribution in [-0.4, -0.2) is 0 Å². The molecule has 0 radical (unpaired) electrons. The summed E-state index contributed by atoms with van der Waals surface area (Å²) >= 11 is 0. The van der Waals surface area contributed by atoms with Crippen LogP contribution in [0.25, 0.3) is 0 Å². The van der Waals surface area contributed by atoms with Gasteiger partial charge in [-0.05, 0) is 29.7 Å². The SMILES string of the molecule is CC(C)C1=CC2CC2C=C1N. The lowest BCUT2D eigenvalue weighted by atomic mass is 9.94. The summed E-state index contributed by atoms with van der Waals surface area (Å²) in [5, 5.41) is 0. The monoisotopic (exact) mass is 149 g/mol. The van der Waals surface area contributed by atoms with E-state index in [0.717, 1.165) is 17.5 Å². The Kier molecular flexibility index (Phi) is 1.35. The molecule has 2 atom stereocenters. The minimum atomic E-state index is 0.591. The first-order valence-corrected chi connectivity index (χ1v) is 4.38. The molecule has 11 heavy (non-hydrogen) atoms. The molecule has 2 rings (SSSR count). The van der Waals surface area contributed by atoms with Gasteiger partial charge in [-0.2, -0.15) is 0 Å². The zero-order chi connectivity index (χ0) is 8.01. The number of hydrogen-bond donors (Lipinski definition) is 1. The minimum Gasteiger partial charge on any atom is -0.399 e. The molecule has 0 saturated heterocycles. The molecule has 1 nitrogen and oxygen atoms in total. The zero-order valence-corrected chi connectivity index (χ0v) is 7.17. The van der Waals surface area contributed by atoms with Gasteiger partial charge in [0.05, 0.1) is 0 Å². The molecule has 2 N–H and O–H groups in total. The van der Waals surface area contributed by atoms with Crippen molar-refractivity contribution >= 4 is 0 Å². The number of allylic oxidation sites excluding steroid dienone is 3. The van der Waals surface area contributed by atoms with Gasteiger partial charge < -0.3 is 5.73 Å². The second kappa shape index (κ2) is 2.13. The predicted octanol–water partition coefficient (Wildman–Crippen LogP) is 2.06. The predicted molar refractivity (Wildman–Crippen MR) is 46.8 cm³/mol. The van der Waals surface area contributed by atoms with Crippen LogP contribution in [0, 0.1) is 17.8 Å². The third kappa shape index (κ3) is 1.09. The first-order valence-electron chi connectivity index (χ1n) is 4.38. The van der Waals surface area contributed by atoms with E-state index in [4.69, 9.17) is 5.73 Å². The molecule has 0 aromatic rings. The molecule has 0 spiro atoms. The van der Waals surface area contributed by atoms with Crippen molar-refractivity contribution in [2.75, 3.05) is 0 Å². The molecule has 2 aliphatic rings. The van der Waals surface area contributed by atoms with Crippen LogP contribution in [0.4, 0.5) is 0 Å². The van der Waals surface area contributed by atoms with E-state index in [2.05, 4.69) is 26.0 Å². The maximum atomic E-state index is 5.89. The van der Waals surface area contributed by atoms with Crippen molar-refractivity contribution in [3.63, 3.8) is 0 Å². The van der Waals surface area contributed by atoms with E-state index in [1.54, 1.807) is 0 Å². The Morgan fingerprint density at radius 2 is 2.00 bits per heavy atom. The Balaban J connectivity index is 2.25. The minimum absolute atomic E-state index is 0.591. The maximum Gasteiger partial charge on any atom is 0.0308 e. The van der Waals surface area contributed by atoms with E-state index < -0.39 is 0 Å². The maximum absolute atomic E-state index is 5.89. The highest BCUT2D eigenvalue weighted by atomic mass is 14.6. The molecule has 2 unspecified atom stereocenters. The van der Waals surface area contributed by atoms with E-state index in [1.807, 2.05) is 0 Å². The van der Waals surface area contributed by atoms with E-state index >= 15 is 0 Å². The second-order valence-corrected chi connectivity index (χ2v) is 3.96. The molecular formula is C10H15N. The average molecular weight is 149 g/mol. The Labute approximate surface area is 68.0 Å². The molecule has 1 heteroatoms. The molecule has 2 aliphatic carbocycles. The van der Waals surface area contributed by atoms with E-state index in [-0.39, 0.29) is 0 Å². The van der Waals surface area contributed by atoms with Crippen LogP contribution >= 0.6 is 0 Å². The van der Waals surface area contributed by atoms with Crippen LogP contribution in [0.3, 0.4) is 0 Å². The lowest BCUT2D eigenvalue weighted by Crippen LogP contribution is -2.10. The molecule has 1 saturated carbocycles. The molecule has 0 aromatic heterocycles. The van der Waals surface area contributed by atoms with Crippen LogP contribution in [-0.2, 0) is 0 Å². The van der Waals surface area contributed by atoms with Gasteiger partial charge in [0.2, 0.25) is 0 Å². The summed E-state index contributed by atoms with van der Waals surface area (Å²) in [6, 6.07) is 0. The van der Waals surface area contributed by atoms with Crippen LogP contribution in [0.1, 0.15) is 20.3 Å². The van der Waals surface area contributed by atoms with Crippen molar-refractivity contribution in [1.29, 1.82) is 0 Å². The van der Waals surface area contributed by atoms with Gasteiger partial charge in [0.25, 0.3) is 0 Å². The van der Waals surface area contributed by atoms with Gasteiger partial charge in [0, 0.05) is 5.70 Å². The first-order chi connectivity index (χ1) is 5.18. The van der Waals surface area contributed by atoms with Crippen molar-refractivity contribution < 1.29 is 0 Å². The van der Waals surface area contributed by atoms with Crippen molar-refractivity contribution in [3.8, 4) is 0 Å². The summed E-state index contributed by atoms with van der Waals surface area (Å²) in [4.78, 5) is 0. The van der Waals surface area contributed by atoms with Gasteiger partial charge in [0.1, 0.15) is 0 Å². The van der Waals surface area contributed by atoms with E-state index in [9.17, 15) is 0 Å². The quantitative estimate of drug-likeness (QED) is 0.606. The van der Waals surface area contributed by atoms with Crippen LogP contribution in [0.2, 0.25) is 0 Å². The van der Waals surface area contributed by atoms with Gasteiger partial charge >= 0.3 is 0 Å². The molecule has 0 bridgehead atoms. The van der Waals surface area contributed by atoms with Gasteiger partial charge in [-0.15, -0.1) is 0 Å². The van der Waals surface area contributed by atoms with Crippen molar-refractivity contribution in [3.05, 3.63) is 23.4 Å². The molecule has 0 heterocycles. The van der Waals surface area contributed by atoms with Gasteiger partial charge in [-0.3, -0.25) is 0 Å². The normalized spacial score (nSPS) is 34.5. The molecule has 60 valence electrons. The Bertz CT molecular complexity index is 235. The third-order valence-corrected chi connectivity index (χ3v) is 2.63. The molecule has 0 aromatic carbocycles. The van der Waals surface area contributed by atoms with Crippen LogP contribution in [0.15, 0.2) is 23.4 Å². The number of fused-ring (bicyclic) bond motifs is 1. The lowest BCUT2D eigenvalue weighted by Gasteiger charge is -2.14. The average Bonchev–Trinajstić information content (AvgIpc) is 2.63.